The highest BCUT2D eigenvalue weighted by atomic mass is 19.1. The maximum atomic E-state index is 14.1. The molecule has 6 nitrogen and oxygen atoms in total. The zero-order valence-electron chi connectivity index (χ0n) is 19.2. The Hall–Kier alpha value is -1.99. The summed E-state index contributed by atoms with van der Waals surface area (Å²) in [5, 5.41) is 0. The highest BCUT2D eigenvalue weighted by Gasteiger charge is 2.24. The Kier molecular flexibility index (Phi) is 9.24. The van der Waals surface area contributed by atoms with Gasteiger partial charge in [0.25, 0.3) is 0 Å². The molecule has 0 radical (unpaired) electrons. The largest absolute Gasteiger partial charge is 0.336 e. The predicted molar refractivity (Wildman–Crippen MR) is 119 cm³/mol. The van der Waals surface area contributed by atoms with Crippen molar-refractivity contribution in [3.63, 3.8) is 0 Å². The number of fused-ring (bicyclic) bond motifs is 1. The number of rotatable bonds is 5. The van der Waals surface area contributed by atoms with Gasteiger partial charge in [0.05, 0.1) is 12.2 Å². The summed E-state index contributed by atoms with van der Waals surface area (Å²) in [6.07, 6.45) is 0.793. The Morgan fingerprint density at radius 1 is 1.10 bits per heavy atom. The second kappa shape index (κ2) is 11.4. The van der Waals surface area contributed by atoms with Gasteiger partial charge in [0.1, 0.15) is 5.82 Å². The van der Waals surface area contributed by atoms with Crippen LogP contribution in [0.4, 0.5) is 10.1 Å². The van der Waals surface area contributed by atoms with E-state index in [4.69, 9.17) is 0 Å². The van der Waals surface area contributed by atoms with Gasteiger partial charge < -0.3 is 9.80 Å². The van der Waals surface area contributed by atoms with E-state index >= 15 is 0 Å². The van der Waals surface area contributed by atoms with Crippen LogP contribution in [0.25, 0.3) is 0 Å². The number of carbonyl (C=O) groups excluding carboxylic acids is 2. The molecule has 1 aliphatic rings. The summed E-state index contributed by atoms with van der Waals surface area (Å²) in [6, 6.07) is 4.87. The lowest BCUT2D eigenvalue weighted by molar-refractivity contribution is -0.133. The van der Waals surface area contributed by atoms with Crippen LogP contribution in [0.3, 0.4) is 0 Å². The van der Waals surface area contributed by atoms with Crippen molar-refractivity contribution in [1.82, 2.24) is 14.7 Å². The van der Waals surface area contributed by atoms with Crippen LogP contribution >= 0.6 is 0 Å². The monoisotopic (exact) mass is 420 g/mol. The molecule has 0 bridgehead atoms. The fraction of sp³-hybridized carbons (Fsp3) is 0.652. The van der Waals surface area contributed by atoms with Crippen LogP contribution in [0.1, 0.15) is 46.6 Å². The summed E-state index contributed by atoms with van der Waals surface area (Å²) in [6.45, 7) is 15.0. The van der Waals surface area contributed by atoms with Crippen molar-refractivity contribution >= 4 is 17.5 Å². The van der Waals surface area contributed by atoms with Gasteiger partial charge in [-0.15, -0.1) is 0 Å². The molecule has 1 heterocycles. The molecule has 0 spiro atoms. The van der Waals surface area contributed by atoms with E-state index in [9.17, 15) is 14.0 Å². The first-order valence-corrected chi connectivity index (χ1v) is 11.1. The highest BCUT2D eigenvalue weighted by Crippen LogP contribution is 2.25. The zero-order chi connectivity index (χ0) is 22.3. The molecule has 1 aromatic rings. The zero-order valence-corrected chi connectivity index (χ0v) is 19.2. The number of likely N-dealkylation sites (N-methyl/N-ethyl adjacent to an activating group) is 1. The van der Waals surface area contributed by atoms with Gasteiger partial charge >= 0.3 is 0 Å². The molecule has 0 saturated heterocycles. The van der Waals surface area contributed by atoms with Crippen molar-refractivity contribution in [3.05, 3.63) is 29.6 Å². The van der Waals surface area contributed by atoms with E-state index in [1.54, 1.807) is 11.0 Å². The fourth-order valence-corrected chi connectivity index (χ4v) is 3.91. The number of benzene rings is 1. The molecular weight excluding hydrogens is 383 g/mol. The smallest absolute Gasteiger partial charge is 0.237 e. The third-order valence-electron chi connectivity index (χ3n) is 5.90. The minimum Gasteiger partial charge on any atom is -0.336 e. The Morgan fingerprint density at radius 2 is 1.80 bits per heavy atom. The summed E-state index contributed by atoms with van der Waals surface area (Å²) in [4.78, 5) is 33.5. The number of halogens is 1. The molecule has 0 unspecified atom stereocenters. The number of hydrogen-bond donors (Lipinski definition) is 0. The molecule has 2 amide bonds. The molecule has 30 heavy (non-hydrogen) atoms. The van der Waals surface area contributed by atoms with E-state index in [0.717, 1.165) is 38.2 Å². The van der Waals surface area contributed by atoms with Crippen LogP contribution in [0.15, 0.2) is 18.2 Å². The molecular formula is C23H37FN4O2. The average Bonchev–Trinajstić information content (AvgIpc) is 2.73. The summed E-state index contributed by atoms with van der Waals surface area (Å²) in [5.74, 6) is -0.427. The van der Waals surface area contributed by atoms with Crippen molar-refractivity contribution in [1.29, 1.82) is 0 Å². The highest BCUT2D eigenvalue weighted by molar-refractivity contribution is 5.92. The topological polar surface area (TPSA) is 47.1 Å². The second-order valence-electron chi connectivity index (χ2n) is 8.20. The summed E-state index contributed by atoms with van der Waals surface area (Å²) < 4.78 is 14.1. The predicted octanol–water partition coefficient (Wildman–Crippen LogP) is 2.96. The number of nitrogens with zero attached hydrogens (tertiary/aromatic N) is 4. The lowest BCUT2D eigenvalue weighted by Gasteiger charge is -2.31. The quantitative estimate of drug-likeness (QED) is 0.735. The Bertz CT molecular complexity index is 721. The normalized spacial score (nSPS) is 16.5. The van der Waals surface area contributed by atoms with E-state index in [1.165, 1.54) is 19.1 Å². The number of anilines is 1. The molecule has 0 aromatic heterocycles. The molecule has 1 aliphatic heterocycles. The van der Waals surface area contributed by atoms with Gasteiger partial charge in [-0.05, 0) is 51.1 Å². The van der Waals surface area contributed by atoms with E-state index in [-0.39, 0.29) is 17.6 Å². The summed E-state index contributed by atoms with van der Waals surface area (Å²) >= 11 is 0. The first kappa shape index (κ1) is 24.3. The van der Waals surface area contributed by atoms with Crippen molar-refractivity contribution in [2.45, 2.75) is 53.6 Å². The van der Waals surface area contributed by atoms with Gasteiger partial charge in [-0.25, -0.2) is 4.39 Å². The first-order valence-electron chi connectivity index (χ1n) is 11.1. The van der Waals surface area contributed by atoms with Crippen LogP contribution in [0.5, 0.6) is 0 Å². The van der Waals surface area contributed by atoms with Crippen LogP contribution in [-0.4, -0.2) is 78.4 Å². The third kappa shape index (κ3) is 6.51. The van der Waals surface area contributed by atoms with E-state index in [0.29, 0.717) is 37.9 Å². The van der Waals surface area contributed by atoms with Crippen LogP contribution < -0.4 is 4.90 Å². The molecule has 0 aliphatic carbocycles. The van der Waals surface area contributed by atoms with Crippen molar-refractivity contribution in [2.75, 3.05) is 50.7 Å². The van der Waals surface area contributed by atoms with Gasteiger partial charge in [0.15, 0.2) is 0 Å². The maximum absolute atomic E-state index is 14.1. The molecule has 0 fully saturated rings. The van der Waals surface area contributed by atoms with E-state index < -0.39 is 0 Å². The van der Waals surface area contributed by atoms with Crippen LogP contribution in [-0.2, 0) is 16.1 Å². The van der Waals surface area contributed by atoms with Gasteiger partial charge in [-0.2, -0.15) is 0 Å². The lowest BCUT2D eigenvalue weighted by atomic mass is 10.1. The van der Waals surface area contributed by atoms with Crippen molar-refractivity contribution < 1.29 is 14.0 Å². The lowest BCUT2D eigenvalue weighted by Crippen LogP contribution is -2.44. The molecule has 0 saturated carbocycles. The molecule has 1 aromatic carbocycles. The molecule has 168 valence electrons. The Labute approximate surface area is 180 Å². The minimum absolute atomic E-state index is 0.0614. The van der Waals surface area contributed by atoms with E-state index in [2.05, 4.69) is 23.6 Å². The second-order valence-corrected chi connectivity index (χ2v) is 8.20. The molecule has 0 atom stereocenters. The van der Waals surface area contributed by atoms with Gasteiger partial charge in [-0.1, -0.05) is 19.9 Å². The Morgan fingerprint density at radius 3 is 2.40 bits per heavy atom. The molecule has 0 N–H and O–H groups in total. The summed E-state index contributed by atoms with van der Waals surface area (Å²) in [7, 11) is 0. The van der Waals surface area contributed by atoms with Crippen molar-refractivity contribution in [3.8, 4) is 0 Å². The molecule has 7 heteroatoms. The average molecular weight is 421 g/mol. The number of carbonyl (C=O) groups is 2. The first-order chi connectivity index (χ1) is 14.3. The standard InChI is InChI=1S/C23H37FN4O2/c1-6-25(7-2)17-23(30)27-14-13-26(18(3)4)11-8-12-28(19(5)29)22-15-21(24)10-9-20(22)16-27/h9-10,15,18H,6-8,11-14,16-17H2,1-5H3. The van der Waals surface area contributed by atoms with Gasteiger partial charge in [-0.3, -0.25) is 19.4 Å². The maximum Gasteiger partial charge on any atom is 0.237 e. The van der Waals surface area contributed by atoms with E-state index in [1.807, 2.05) is 18.7 Å². The van der Waals surface area contributed by atoms with Crippen LogP contribution in [0, 0.1) is 5.82 Å². The fourth-order valence-electron chi connectivity index (χ4n) is 3.91. The SMILES string of the molecule is CCN(CC)CC(=O)N1CCN(C(C)C)CCCN(C(C)=O)c2cc(F)ccc2C1. The Balaban J connectivity index is 2.41. The van der Waals surface area contributed by atoms with Gasteiger partial charge in [0, 0.05) is 45.7 Å². The van der Waals surface area contributed by atoms with Gasteiger partial charge in [0.2, 0.25) is 11.8 Å². The summed E-state index contributed by atoms with van der Waals surface area (Å²) in [5.41, 5.74) is 1.37. The minimum atomic E-state index is -0.375. The van der Waals surface area contributed by atoms with Crippen LogP contribution in [0.2, 0.25) is 0 Å². The number of hydrogen-bond acceptors (Lipinski definition) is 4. The molecule has 2 rings (SSSR count). The van der Waals surface area contributed by atoms with Crippen molar-refractivity contribution in [2.24, 2.45) is 0 Å². The number of amides is 2. The third-order valence-corrected chi connectivity index (χ3v) is 5.90.